The molecule has 0 aromatic carbocycles. The third kappa shape index (κ3) is 1.67. The van der Waals surface area contributed by atoms with Crippen molar-refractivity contribution in [2.24, 2.45) is 5.41 Å². The van der Waals surface area contributed by atoms with Crippen molar-refractivity contribution < 1.29 is 19.1 Å². The molecule has 3 rings (SSSR count). The van der Waals surface area contributed by atoms with Gasteiger partial charge in [0.2, 0.25) is 0 Å². The number of ether oxygens (including phenoxy) is 2. The number of nitrogens with zero attached hydrogens (tertiary/aromatic N) is 1. The lowest BCUT2D eigenvalue weighted by Gasteiger charge is -2.44. The second-order valence-electron chi connectivity index (χ2n) is 4.84. The van der Waals surface area contributed by atoms with Gasteiger partial charge in [0.05, 0.1) is 7.11 Å². The van der Waals surface area contributed by atoms with Crippen LogP contribution in [0.3, 0.4) is 0 Å². The van der Waals surface area contributed by atoms with Crippen LogP contribution in [0.2, 0.25) is 0 Å². The highest BCUT2D eigenvalue weighted by Crippen LogP contribution is 2.48. The monoisotopic (exact) mass is 262 g/mol. The molecular formula is C13H14N2O4. The molecule has 2 heterocycles. The summed E-state index contributed by atoms with van der Waals surface area (Å²) in [6, 6.07) is 3.44. The number of rotatable bonds is 2. The second kappa shape index (κ2) is 4.22. The molecule has 1 amide bonds. The molecule has 1 aliphatic heterocycles. The van der Waals surface area contributed by atoms with Gasteiger partial charge in [-0.05, 0) is 25.0 Å². The summed E-state index contributed by atoms with van der Waals surface area (Å²) < 4.78 is 10.5. The molecule has 1 aliphatic carbocycles. The second-order valence-corrected chi connectivity index (χ2v) is 4.84. The van der Waals surface area contributed by atoms with Crippen molar-refractivity contribution in [1.82, 2.24) is 4.98 Å². The van der Waals surface area contributed by atoms with Crippen LogP contribution >= 0.6 is 0 Å². The van der Waals surface area contributed by atoms with E-state index in [4.69, 9.17) is 9.47 Å². The van der Waals surface area contributed by atoms with Gasteiger partial charge in [0, 0.05) is 6.20 Å². The Kier molecular flexibility index (Phi) is 2.66. The van der Waals surface area contributed by atoms with Crippen LogP contribution in [0.5, 0.6) is 5.75 Å². The van der Waals surface area contributed by atoms with Gasteiger partial charge in [-0.15, -0.1) is 0 Å². The molecule has 1 saturated carbocycles. The summed E-state index contributed by atoms with van der Waals surface area (Å²) in [7, 11) is 1.33. The minimum atomic E-state index is -0.855. The maximum atomic E-state index is 12.1. The largest absolute Gasteiger partial charge is 0.475 e. The van der Waals surface area contributed by atoms with E-state index >= 15 is 0 Å². The van der Waals surface area contributed by atoms with E-state index in [0.717, 1.165) is 6.42 Å². The fraction of sp³-hybridized carbons (Fsp3) is 0.462. The lowest BCUT2D eigenvalue weighted by molar-refractivity contribution is -0.171. The summed E-state index contributed by atoms with van der Waals surface area (Å²) in [4.78, 5) is 28.1. The Balaban J connectivity index is 1.94. The zero-order valence-corrected chi connectivity index (χ0v) is 10.5. The molecule has 1 atom stereocenters. The minimum Gasteiger partial charge on any atom is -0.475 e. The van der Waals surface area contributed by atoms with E-state index in [0.29, 0.717) is 24.4 Å². The predicted octanol–water partition coefficient (Wildman–Crippen LogP) is 1.12. The summed E-state index contributed by atoms with van der Waals surface area (Å²) >= 11 is 0. The van der Waals surface area contributed by atoms with Crippen LogP contribution in [-0.2, 0) is 14.3 Å². The summed E-state index contributed by atoms with van der Waals surface area (Å²) in [5.74, 6) is 0.160. The Morgan fingerprint density at radius 3 is 3.00 bits per heavy atom. The highest BCUT2D eigenvalue weighted by atomic mass is 16.5. The average Bonchev–Trinajstić information content (AvgIpc) is 2.37. The molecule has 1 unspecified atom stereocenters. The fourth-order valence-corrected chi connectivity index (χ4v) is 2.64. The first-order valence-electron chi connectivity index (χ1n) is 6.18. The molecule has 1 N–H and O–H groups in total. The lowest BCUT2D eigenvalue weighted by atomic mass is 9.64. The SMILES string of the molecule is COC(=O)C1(C2Oc3cccnc3NC2=O)CCC1. The number of anilines is 1. The van der Waals surface area contributed by atoms with Crippen molar-refractivity contribution in [2.75, 3.05) is 12.4 Å². The number of aromatic nitrogens is 1. The van der Waals surface area contributed by atoms with Gasteiger partial charge in [0.25, 0.3) is 5.91 Å². The predicted molar refractivity (Wildman–Crippen MR) is 65.6 cm³/mol. The molecular weight excluding hydrogens is 248 g/mol. The van der Waals surface area contributed by atoms with E-state index < -0.39 is 11.5 Å². The molecule has 19 heavy (non-hydrogen) atoms. The molecule has 2 aliphatic rings. The van der Waals surface area contributed by atoms with Gasteiger partial charge in [-0.2, -0.15) is 0 Å². The Morgan fingerprint density at radius 1 is 1.58 bits per heavy atom. The quantitative estimate of drug-likeness (QED) is 0.808. The van der Waals surface area contributed by atoms with Crippen LogP contribution in [0.15, 0.2) is 18.3 Å². The van der Waals surface area contributed by atoms with Gasteiger partial charge in [-0.3, -0.25) is 9.59 Å². The smallest absolute Gasteiger partial charge is 0.316 e. The average molecular weight is 262 g/mol. The van der Waals surface area contributed by atoms with Gasteiger partial charge in [0.15, 0.2) is 17.7 Å². The summed E-state index contributed by atoms with van der Waals surface area (Å²) in [5.41, 5.74) is -0.855. The molecule has 0 radical (unpaired) electrons. The van der Waals surface area contributed by atoms with E-state index in [-0.39, 0.29) is 11.9 Å². The first-order valence-corrected chi connectivity index (χ1v) is 6.18. The van der Waals surface area contributed by atoms with Crippen LogP contribution < -0.4 is 10.1 Å². The van der Waals surface area contributed by atoms with Crippen LogP contribution in [-0.4, -0.2) is 30.1 Å². The molecule has 100 valence electrons. The highest BCUT2D eigenvalue weighted by Gasteiger charge is 2.57. The summed E-state index contributed by atoms with van der Waals surface area (Å²) in [6.07, 6.45) is 2.83. The van der Waals surface area contributed by atoms with Gasteiger partial charge in [-0.1, -0.05) is 6.42 Å². The van der Waals surface area contributed by atoms with E-state index in [1.54, 1.807) is 18.3 Å². The number of esters is 1. The molecule has 1 fully saturated rings. The van der Waals surface area contributed by atoms with Crippen LogP contribution in [0, 0.1) is 5.41 Å². The Labute approximate surface area is 110 Å². The topological polar surface area (TPSA) is 77.5 Å². The maximum Gasteiger partial charge on any atom is 0.316 e. The molecule has 6 nitrogen and oxygen atoms in total. The van der Waals surface area contributed by atoms with Gasteiger partial charge >= 0.3 is 5.97 Å². The number of amides is 1. The molecule has 0 bridgehead atoms. The van der Waals surface area contributed by atoms with Crippen LogP contribution in [0.1, 0.15) is 19.3 Å². The number of nitrogens with one attached hydrogen (secondary N) is 1. The van der Waals surface area contributed by atoms with E-state index in [2.05, 4.69) is 10.3 Å². The van der Waals surface area contributed by atoms with Crippen LogP contribution in [0.25, 0.3) is 0 Å². The summed E-state index contributed by atoms with van der Waals surface area (Å²) in [5, 5.41) is 2.68. The van der Waals surface area contributed by atoms with E-state index in [1.807, 2.05) is 0 Å². The third-order valence-electron chi connectivity index (χ3n) is 3.83. The Hall–Kier alpha value is -2.11. The van der Waals surface area contributed by atoms with Gasteiger partial charge in [0.1, 0.15) is 5.41 Å². The number of hydrogen-bond acceptors (Lipinski definition) is 5. The molecule has 0 spiro atoms. The lowest BCUT2D eigenvalue weighted by Crippen LogP contribution is -2.57. The standard InChI is InChI=1S/C13H14N2O4/c1-18-12(17)13(5-3-6-13)9-11(16)15-10-8(19-9)4-2-7-14-10/h2,4,7,9H,3,5-6H2,1H3,(H,14,15,16). The van der Waals surface area contributed by atoms with E-state index in [1.165, 1.54) is 7.11 Å². The van der Waals surface area contributed by atoms with Crippen molar-refractivity contribution in [3.63, 3.8) is 0 Å². The highest BCUT2D eigenvalue weighted by molar-refractivity contribution is 6.00. The normalized spacial score (nSPS) is 23.4. The number of carbonyl (C=O) groups excluding carboxylic acids is 2. The number of carbonyl (C=O) groups is 2. The maximum absolute atomic E-state index is 12.1. The number of hydrogen-bond donors (Lipinski definition) is 1. The van der Waals surface area contributed by atoms with Crippen molar-refractivity contribution in [3.05, 3.63) is 18.3 Å². The van der Waals surface area contributed by atoms with Crippen molar-refractivity contribution >= 4 is 17.7 Å². The number of fused-ring (bicyclic) bond motifs is 1. The van der Waals surface area contributed by atoms with E-state index in [9.17, 15) is 9.59 Å². The molecule has 1 aromatic rings. The first kappa shape index (κ1) is 12.0. The molecule has 1 aromatic heterocycles. The Morgan fingerprint density at radius 2 is 2.37 bits per heavy atom. The molecule has 6 heteroatoms. The van der Waals surface area contributed by atoms with Crippen molar-refractivity contribution in [2.45, 2.75) is 25.4 Å². The van der Waals surface area contributed by atoms with Crippen LogP contribution in [0.4, 0.5) is 5.82 Å². The number of pyridine rings is 1. The van der Waals surface area contributed by atoms with Crippen molar-refractivity contribution in [1.29, 1.82) is 0 Å². The zero-order chi connectivity index (χ0) is 13.5. The fourth-order valence-electron chi connectivity index (χ4n) is 2.64. The van der Waals surface area contributed by atoms with Gasteiger partial charge in [-0.25, -0.2) is 4.98 Å². The molecule has 0 saturated heterocycles. The summed E-state index contributed by atoms with van der Waals surface area (Å²) in [6.45, 7) is 0. The van der Waals surface area contributed by atoms with Gasteiger partial charge < -0.3 is 14.8 Å². The zero-order valence-electron chi connectivity index (χ0n) is 10.5. The number of methoxy groups -OCH3 is 1. The van der Waals surface area contributed by atoms with Crippen molar-refractivity contribution in [3.8, 4) is 5.75 Å². The third-order valence-corrected chi connectivity index (χ3v) is 3.83. The minimum absolute atomic E-state index is 0.337. The Bertz CT molecular complexity index is 539. The first-order chi connectivity index (χ1) is 9.17.